The molecular weight excluding hydrogens is 440 g/mol. The predicted octanol–water partition coefficient (Wildman–Crippen LogP) is 3.31. The number of hydrogen-bond donors (Lipinski definition) is 4. The highest BCUT2D eigenvalue weighted by molar-refractivity contribution is 5.95. The van der Waals surface area contributed by atoms with Gasteiger partial charge < -0.3 is 26.6 Å². The number of amides is 1. The van der Waals surface area contributed by atoms with Gasteiger partial charge in [0.25, 0.3) is 0 Å². The van der Waals surface area contributed by atoms with E-state index in [1.165, 1.54) is 19.3 Å². The van der Waals surface area contributed by atoms with Crippen LogP contribution in [0.15, 0.2) is 18.2 Å². The summed E-state index contributed by atoms with van der Waals surface area (Å²) in [5.74, 6) is 3.57. The number of aromatic nitrogens is 3. The Labute approximate surface area is 207 Å². The van der Waals surface area contributed by atoms with Gasteiger partial charge in [-0.1, -0.05) is 19.9 Å². The summed E-state index contributed by atoms with van der Waals surface area (Å²) in [6, 6.07) is 5.54. The number of primary amides is 1. The van der Waals surface area contributed by atoms with Crippen LogP contribution in [0.4, 0.5) is 23.5 Å². The summed E-state index contributed by atoms with van der Waals surface area (Å²) in [4.78, 5) is 28.3. The molecule has 1 saturated heterocycles. The smallest absolute Gasteiger partial charge is 0.249 e. The van der Waals surface area contributed by atoms with Crippen LogP contribution >= 0.6 is 0 Å². The molecule has 3 atom stereocenters. The maximum absolute atomic E-state index is 11.8. The molecule has 3 aliphatic carbocycles. The van der Waals surface area contributed by atoms with Crippen molar-refractivity contribution in [3.05, 3.63) is 29.3 Å². The Balaban J connectivity index is 1.38. The molecule has 9 nitrogen and oxygen atoms in total. The molecule has 5 N–H and O–H groups in total. The van der Waals surface area contributed by atoms with Crippen molar-refractivity contribution < 1.29 is 4.79 Å². The van der Waals surface area contributed by atoms with Crippen LogP contribution in [-0.2, 0) is 0 Å². The summed E-state index contributed by atoms with van der Waals surface area (Å²) in [6.45, 7) is 11.2. The fourth-order valence-corrected chi connectivity index (χ4v) is 6.21. The van der Waals surface area contributed by atoms with Gasteiger partial charge >= 0.3 is 0 Å². The number of hydrogen-bond acceptors (Lipinski definition) is 8. The van der Waals surface area contributed by atoms with Gasteiger partial charge in [0, 0.05) is 37.4 Å². The van der Waals surface area contributed by atoms with Gasteiger partial charge in [-0.05, 0) is 80.0 Å². The van der Waals surface area contributed by atoms with Gasteiger partial charge in [0.2, 0.25) is 23.8 Å². The average Bonchev–Trinajstić information content (AvgIpc) is 3.13. The van der Waals surface area contributed by atoms with Crippen LogP contribution in [0, 0.1) is 30.1 Å². The van der Waals surface area contributed by atoms with E-state index in [1.807, 2.05) is 19.1 Å². The fourth-order valence-electron chi connectivity index (χ4n) is 6.21. The molecule has 35 heavy (non-hydrogen) atoms. The third-order valence-corrected chi connectivity index (χ3v) is 8.53. The van der Waals surface area contributed by atoms with Crippen molar-refractivity contribution in [2.75, 3.05) is 48.3 Å². The van der Waals surface area contributed by atoms with Gasteiger partial charge in [-0.2, -0.15) is 15.0 Å². The molecule has 4 fully saturated rings. The van der Waals surface area contributed by atoms with Crippen molar-refractivity contribution in [1.29, 1.82) is 0 Å². The lowest BCUT2D eigenvalue weighted by Crippen LogP contribution is -2.53. The van der Waals surface area contributed by atoms with Crippen molar-refractivity contribution >= 4 is 29.4 Å². The number of aryl methyl sites for hydroxylation is 1. The van der Waals surface area contributed by atoms with E-state index >= 15 is 0 Å². The summed E-state index contributed by atoms with van der Waals surface area (Å²) >= 11 is 0. The number of nitrogens with one attached hydrogen (secondary N) is 3. The molecule has 6 rings (SSSR count). The van der Waals surface area contributed by atoms with Gasteiger partial charge in [-0.25, -0.2) is 0 Å². The summed E-state index contributed by atoms with van der Waals surface area (Å²) < 4.78 is 0. The topological polar surface area (TPSA) is 121 Å². The van der Waals surface area contributed by atoms with Gasteiger partial charge in [0.15, 0.2) is 0 Å². The van der Waals surface area contributed by atoms with Crippen molar-refractivity contribution in [2.45, 2.75) is 46.5 Å². The molecule has 2 aromatic rings. The quantitative estimate of drug-likeness (QED) is 0.478. The van der Waals surface area contributed by atoms with Crippen LogP contribution in [0.5, 0.6) is 0 Å². The molecule has 3 saturated carbocycles. The number of carbonyl (C=O) groups is 1. The first kappa shape index (κ1) is 23.8. The van der Waals surface area contributed by atoms with E-state index in [0.717, 1.165) is 62.2 Å². The molecule has 1 aliphatic heterocycles. The Kier molecular flexibility index (Phi) is 6.53. The molecule has 3 unspecified atom stereocenters. The van der Waals surface area contributed by atoms with Gasteiger partial charge in [0.05, 0.1) is 0 Å². The van der Waals surface area contributed by atoms with Crippen LogP contribution in [0.25, 0.3) is 0 Å². The first-order chi connectivity index (χ1) is 16.8. The SMILES string of the molecule is Cc1ccc(Nc2nc(NCC3CCC4CC3C4(C)C)nc(N3CCCNCC3)n2)cc1C(N)=O. The van der Waals surface area contributed by atoms with E-state index in [4.69, 9.17) is 20.7 Å². The molecule has 1 aromatic carbocycles. The molecular formula is C26H38N8O. The third kappa shape index (κ3) is 4.91. The van der Waals surface area contributed by atoms with Crippen molar-refractivity contribution in [2.24, 2.45) is 28.9 Å². The molecule has 2 heterocycles. The Bertz CT molecular complexity index is 1080. The predicted molar refractivity (Wildman–Crippen MR) is 139 cm³/mol. The minimum absolute atomic E-state index is 0.449. The van der Waals surface area contributed by atoms with E-state index < -0.39 is 5.91 Å². The monoisotopic (exact) mass is 478 g/mol. The molecule has 1 amide bonds. The Hall–Kier alpha value is -2.94. The van der Waals surface area contributed by atoms with Crippen LogP contribution in [0.1, 0.15) is 55.5 Å². The number of benzene rings is 1. The first-order valence-electron chi connectivity index (χ1n) is 12.9. The highest BCUT2D eigenvalue weighted by Gasteiger charge is 2.53. The standard InChI is InChI=1S/C26H38N8O/c1-16-5-8-19(14-20(16)22(27)35)30-24-31-23(32-25(33-24)34-11-4-9-28-10-12-34)29-15-17-6-7-18-13-21(17)26(18,2)3/h5,8,14,17-18,21,28H,4,6-7,9-13,15H2,1-3H3,(H2,27,35)(H2,29,30,31,32,33). The normalized spacial score (nSPS) is 25.3. The summed E-state index contributed by atoms with van der Waals surface area (Å²) in [6.07, 6.45) is 4.98. The van der Waals surface area contributed by atoms with Crippen LogP contribution in [0.3, 0.4) is 0 Å². The van der Waals surface area contributed by atoms with E-state index in [2.05, 4.69) is 34.7 Å². The van der Waals surface area contributed by atoms with E-state index in [9.17, 15) is 4.79 Å². The highest BCUT2D eigenvalue weighted by Crippen LogP contribution is 2.61. The Morgan fingerprint density at radius 1 is 1.17 bits per heavy atom. The lowest BCUT2D eigenvalue weighted by Gasteiger charge is -2.60. The largest absolute Gasteiger partial charge is 0.366 e. The van der Waals surface area contributed by atoms with Crippen molar-refractivity contribution in [3.8, 4) is 0 Å². The lowest BCUT2D eigenvalue weighted by atomic mass is 9.45. The number of nitrogens with two attached hydrogens (primary N) is 1. The minimum Gasteiger partial charge on any atom is -0.366 e. The maximum Gasteiger partial charge on any atom is 0.249 e. The second-order valence-corrected chi connectivity index (χ2v) is 11.0. The van der Waals surface area contributed by atoms with Crippen LogP contribution in [-0.4, -0.2) is 53.6 Å². The molecule has 0 radical (unpaired) electrons. The maximum atomic E-state index is 11.8. The van der Waals surface area contributed by atoms with Gasteiger partial charge in [-0.3, -0.25) is 4.79 Å². The molecule has 0 spiro atoms. The van der Waals surface area contributed by atoms with Crippen LogP contribution < -0.4 is 26.6 Å². The lowest BCUT2D eigenvalue weighted by molar-refractivity contribution is -0.100. The van der Waals surface area contributed by atoms with Gasteiger partial charge in [-0.15, -0.1) is 0 Å². The molecule has 1 aromatic heterocycles. The number of carbonyl (C=O) groups excluding carboxylic acids is 1. The highest BCUT2D eigenvalue weighted by atomic mass is 16.1. The number of fused-ring (bicyclic) bond motifs is 2. The zero-order valence-electron chi connectivity index (χ0n) is 21.1. The Morgan fingerprint density at radius 3 is 2.77 bits per heavy atom. The van der Waals surface area contributed by atoms with E-state index in [-0.39, 0.29) is 0 Å². The first-order valence-corrected chi connectivity index (χ1v) is 12.9. The van der Waals surface area contributed by atoms with Crippen LogP contribution in [0.2, 0.25) is 0 Å². The Morgan fingerprint density at radius 2 is 2.00 bits per heavy atom. The minimum atomic E-state index is -0.449. The second-order valence-electron chi connectivity index (χ2n) is 11.0. The van der Waals surface area contributed by atoms with E-state index in [1.54, 1.807) is 6.07 Å². The summed E-state index contributed by atoms with van der Waals surface area (Å²) in [5.41, 5.74) is 8.05. The molecule has 4 aliphatic rings. The third-order valence-electron chi connectivity index (χ3n) is 8.53. The molecule has 9 heteroatoms. The second kappa shape index (κ2) is 9.60. The average molecular weight is 479 g/mol. The molecule has 2 bridgehead atoms. The fraction of sp³-hybridized carbons (Fsp3) is 0.615. The van der Waals surface area contributed by atoms with E-state index in [0.29, 0.717) is 34.7 Å². The summed E-state index contributed by atoms with van der Waals surface area (Å²) in [7, 11) is 0. The molecule has 188 valence electrons. The number of nitrogens with zero attached hydrogens (tertiary/aromatic N) is 4. The summed E-state index contributed by atoms with van der Waals surface area (Å²) in [5, 5.41) is 10.3. The zero-order valence-corrected chi connectivity index (χ0v) is 21.1. The van der Waals surface area contributed by atoms with Crippen molar-refractivity contribution in [1.82, 2.24) is 20.3 Å². The van der Waals surface area contributed by atoms with Crippen molar-refractivity contribution in [3.63, 3.8) is 0 Å². The number of anilines is 4. The van der Waals surface area contributed by atoms with Gasteiger partial charge in [0.1, 0.15) is 0 Å². The zero-order chi connectivity index (χ0) is 24.6. The number of rotatable bonds is 7.